The highest BCUT2D eigenvalue weighted by Crippen LogP contribution is 2.26. The number of carbonyl (C=O) groups is 1. The molecule has 0 bridgehead atoms. The second kappa shape index (κ2) is 4.08. The highest BCUT2D eigenvalue weighted by molar-refractivity contribution is 5.63. The molecule has 0 aliphatic carbocycles. The van der Waals surface area contributed by atoms with Gasteiger partial charge in [-0.2, -0.15) is 0 Å². The average Bonchev–Trinajstić information content (AvgIpc) is 2.16. The lowest BCUT2D eigenvalue weighted by atomic mass is 9.95. The molecule has 0 aliphatic rings. The predicted octanol–water partition coefficient (Wildman–Crippen LogP) is 2.26. The van der Waals surface area contributed by atoms with Crippen molar-refractivity contribution in [2.24, 2.45) is 0 Å². The Kier molecular flexibility index (Phi) is 3.07. The highest BCUT2D eigenvalue weighted by atomic mass is 16.3. The quantitative estimate of drug-likeness (QED) is 0.721. The first-order valence-electron chi connectivity index (χ1n) is 4.46. The second-order valence-electron chi connectivity index (χ2n) is 3.12. The topological polar surface area (TPSA) is 37.3 Å². The van der Waals surface area contributed by atoms with Gasteiger partial charge in [-0.15, -0.1) is 0 Å². The van der Waals surface area contributed by atoms with Crippen LogP contribution in [-0.2, 0) is 11.2 Å². The third-order valence-electron chi connectivity index (χ3n) is 2.24. The highest BCUT2D eigenvalue weighted by Gasteiger charge is 2.10. The third-order valence-corrected chi connectivity index (χ3v) is 2.24. The fourth-order valence-electron chi connectivity index (χ4n) is 1.48. The maximum Gasteiger partial charge on any atom is 0.127 e. The van der Waals surface area contributed by atoms with Crippen LogP contribution < -0.4 is 0 Å². The van der Waals surface area contributed by atoms with E-state index in [9.17, 15) is 9.90 Å². The molecule has 1 unspecified atom stereocenters. The minimum atomic E-state index is -0.137. The predicted molar refractivity (Wildman–Crippen MR) is 52.0 cm³/mol. The first kappa shape index (κ1) is 9.78. The molecule has 0 heterocycles. The fraction of sp³-hybridized carbons (Fsp3) is 0.364. The molecule has 13 heavy (non-hydrogen) atoms. The van der Waals surface area contributed by atoms with E-state index in [2.05, 4.69) is 0 Å². The zero-order valence-corrected chi connectivity index (χ0v) is 7.95. The van der Waals surface area contributed by atoms with Crippen molar-refractivity contribution in [1.29, 1.82) is 0 Å². The molecule has 1 aromatic rings. The zero-order valence-electron chi connectivity index (χ0n) is 7.95. The molecule has 0 fully saturated rings. The third kappa shape index (κ3) is 1.89. The molecule has 1 aromatic carbocycles. The minimum absolute atomic E-state index is 0.137. The molecule has 0 amide bonds. The Morgan fingerprint density at radius 1 is 1.54 bits per heavy atom. The monoisotopic (exact) mass is 178 g/mol. The van der Waals surface area contributed by atoms with Crippen molar-refractivity contribution in [2.45, 2.75) is 26.2 Å². The van der Waals surface area contributed by atoms with Crippen LogP contribution in [0.4, 0.5) is 0 Å². The van der Waals surface area contributed by atoms with Gasteiger partial charge in [0.25, 0.3) is 0 Å². The standard InChI is InChI=1S/C11H14O2/c1-3-9-10(8(2)7-12)5-4-6-11(9)13/h4-8,13H,3H2,1-2H3. The first-order valence-corrected chi connectivity index (χ1v) is 4.46. The number of hydrogen-bond donors (Lipinski definition) is 1. The van der Waals surface area contributed by atoms with Crippen molar-refractivity contribution < 1.29 is 9.90 Å². The summed E-state index contributed by atoms with van der Waals surface area (Å²) in [4.78, 5) is 10.6. The van der Waals surface area contributed by atoms with Crippen LogP contribution in [0.25, 0.3) is 0 Å². The van der Waals surface area contributed by atoms with E-state index in [1.807, 2.05) is 19.9 Å². The van der Waals surface area contributed by atoms with Crippen molar-refractivity contribution in [1.82, 2.24) is 0 Å². The van der Waals surface area contributed by atoms with Gasteiger partial charge in [-0.25, -0.2) is 0 Å². The summed E-state index contributed by atoms with van der Waals surface area (Å²) < 4.78 is 0. The molecule has 70 valence electrons. The Bertz CT molecular complexity index is 305. The summed E-state index contributed by atoms with van der Waals surface area (Å²) in [5.41, 5.74) is 1.81. The van der Waals surface area contributed by atoms with Crippen LogP contribution in [0.15, 0.2) is 18.2 Å². The van der Waals surface area contributed by atoms with Crippen LogP contribution in [-0.4, -0.2) is 11.4 Å². The maximum absolute atomic E-state index is 10.6. The number of aromatic hydroxyl groups is 1. The van der Waals surface area contributed by atoms with Crippen LogP contribution in [0.1, 0.15) is 30.9 Å². The van der Waals surface area contributed by atoms with Crippen LogP contribution in [0.3, 0.4) is 0 Å². The Labute approximate surface area is 78.2 Å². The van der Waals surface area contributed by atoms with Crippen molar-refractivity contribution in [3.63, 3.8) is 0 Å². The van der Waals surface area contributed by atoms with E-state index in [4.69, 9.17) is 0 Å². The van der Waals surface area contributed by atoms with Crippen LogP contribution in [0.5, 0.6) is 5.75 Å². The van der Waals surface area contributed by atoms with E-state index >= 15 is 0 Å². The lowest BCUT2D eigenvalue weighted by molar-refractivity contribution is -0.108. The van der Waals surface area contributed by atoms with Gasteiger partial charge in [-0.05, 0) is 23.6 Å². The van der Waals surface area contributed by atoms with Crippen molar-refractivity contribution in [3.05, 3.63) is 29.3 Å². The molecule has 0 saturated heterocycles. The van der Waals surface area contributed by atoms with Gasteiger partial charge in [0.05, 0.1) is 0 Å². The average molecular weight is 178 g/mol. The lowest BCUT2D eigenvalue weighted by Crippen LogP contribution is -1.99. The number of aldehydes is 1. The summed E-state index contributed by atoms with van der Waals surface area (Å²) >= 11 is 0. The van der Waals surface area contributed by atoms with Gasteiger partial charge in [0, 0.05) is 5.92 Å². The number of rotatable bonds is 3. The summed E-state index contributed by atoms with van der Waals surface area (Å²) in [7, 11) is 0. The number of phenolic OH excluding ortho intramolecular Hbond substituents is 1. The van der Waals surface area contributed by atoms with E-state index in [1.54, 1.807) is 12.1 Å². The van der Waals surface area contributed by atoms with Crippen molar-refractivity contribution >= 4 is 6.29 Å². The molecule has 0 aromatic heterocycles. The summed E-state index contributed by atoms with van der Waals surface area (Å²) in [5.74, 6) is 0.149. The van der Waals surface area contributed by atoms with E-state index < -0.39 is 0 Å². The Hall–Kier alpha value is -1.31. The molecule has 1 atom stereocenters. The van der Waals surface area contributed by atoms with E-state index in [1.165, 1.54) is 0 Å². The molecule has 1 rings (SSSR count). The summed E-state index contributed by atoms with van der Waals surface area (Å²) in [6.45, 7) is 3.80. The zero-order chi connectivity index (χ0) is 9.84. The van der Waals surface area contributed by atoms with Gasteiger partial charge in [-0.1, -0.05) is 26.0 Å². The minimum Gasteiger partial charge on any atom is -0.508 e. The lowest BCUT2D eigenvalue weighted by Gasteiger charge is -2.11. The van der Waals surface area contributed by atoms with Crippen molar-refractivity contribution in [3.8, 4) is 5.75 Å². The fourth-order valence-corrected chi connectivity index (χ4v) is 1.48. The number of phenols is 1. The number of carbonyl (C=O) groups excluding carboxylic acids is 1. The maximum atomic E-state index is 10.6. The van der Waals surface area contributed by atoms with Gasteiger partial charge < -0.3 is 9.90 Å². The number of benzene rings is 1. The van der Waals surface area contributed by atoms with Crippen LogP contribution >= 0.6 is 0 Å². The molecule has 2 nitrogen and oxygen atoms in total. The molecule has 1 N–H and O–H groups in total. The van der Waals surface area contributed by atoms with E-state index in [0.29, 0.717) is 0 Å². The SMILES string of the molecule is CCc1c(O)cccc1C(C)C=O. The first-order chi connectivity index (χ1) is 6.20. The Morgan fingerprint density at radius 3 is 2.77 bits per heavy atom. The van der Waals surface area contributed by atoms with Crippen molar-refractivity contribution in [2.75, 3.05) is 0 Å². The van der Waals surface area contributed by atoms with Gasteiger partial charge in [0.1, 0.15) is 12.0 Å². The molecular weight excluding hydrogens is 164 g/mol. The second-order valence-corrected chi connectivity index (χ2v) is 3.12. The van der Waals surface area contributed by atoms with Gasteiger partial charge >= 0.3 is 0 Å². The smallest absolute Gasteiger partial charge is 0.127 e. The largest absolute Gasteiger partial charge is 0.508 e. The molecule has 0 spiro atoms. The van der Waals surface area contributed by atoms with E-state index in [0.717, 1.165) is 23.8 Å². The summed E-state index contributed by atoms with van der Waals surface area (Å²) in [6, 6.07) is 5.31. The molecule has 0 radical (unpaired) electrons. The van der Waals surface area contributed by atoms with Gasteiger partial charge in [-0.3, -0.25) is 0 Å². The number of hydrogen-bond acceptors (Lipinski definition) is 2. The van der Waals surface area contributed by atoms with Gasteiger partial charge in [0.15, 0.2) is 0 Å². The summed E-state index contributed by atoms with van der Waals surface area (Å²) in [5, 5.41) is 9.52. The molecular formula is C11H14O2. The summed E-state index contributed by atoms with van der Waals surface area (Å²) in [6.07, 6.45) is 1.65. The Morgan fingerprint density at radius 2 is 2.23 bits per heavy atom. The van der Waals surface area contributed by atoms with E-state index in [-0.39, 0.29) is 11.7 Å². The Balaban J connectivity index is 3.19. The normalized spacial score (nSPS) is 12.5. The van der Waals surface area contributed by atoms with Gasteiger partial charge in [0.2, 0.25) is 0 Å². The molecule has 0 aliphatic heterocycles. The molecule has 0 saturated carbocycles. The van der Waals surface area contributed by atoms with Crippen LogP contribution in [0.2, 0.25) is 0 Å². The van der Waals surface area contributed by atoms with Crippen LogP contribution in [0, 0.1) is 0 Å². The molecule has 2 heteroatoms.